The number of hydrogen-bond acceptors (Lipinski definition) is 2. The summed E-state index contributed by atoms with van der Waals surface area (Å²) < 4.78 is 38.9. The normalized spacial score (nSPS) is 10.9. The molecule has 0 fully saturated rings. The molecule has 0 aliphatic carbocycles. The second-order valence-corrected chi connectivity index (χ2v) is 3.84. The fourth-order valence-corrected chi connectivity index (χ4v) is 1.62. The molecular weight excluding hydrogens is 243 g/mol. The van der Waals surface area contributed by atoms with Gasteiger partial charge in [-0.15, -0.1) is 0 Å². The number of nitrogens with zero attached hydrogens (tertiary/aromatic N) is 2. The van der Waals surface area contributed by atoms with Gasteiger partial charge >= 0.3 is 6.55 Å². The minimum absolute atomic E-state index is 0.113. The van der Waals surface area contributed by atoms with Gasteiger partial charge in [0.05, 0.1) is 6.54 Å². The Balaban J connectivity index is 2.11. The van der Waals surface area contributed by atoms with Crippen LogP contribution in [0.15, 0.2) is 30.6 Å². The summed E-state index contributed by atoms with van der Waals surface area (Å²) in [6.07, 6.45) is 2.52. The molecule has 96 valence electrons. The number of hydrogen-bond donors (Lipinski definition) is 1. The lowest BCUT2D eigenvalue weighted by Gasteiger charge is -2.10. The van der Waals surface area contributed by atoms with Crippen molar-refractivity contribution in [1.29, 1.82) is 0 Å². The maximum Gasteiger partial charge on any atom is 0.319 e. The highest BCUT2D eigenvalue weighted by atomic mass is 19.3. The van der Waals surface area contributed by atoms with E-state index in [1.54, 1.807) is 13.0 Å². The van der Waals surface area contributed by atoms with Gasteiger partial charge in [0.1, 0.15) is 11.6 Å². The predicted octanol–water partition coefficient (Wildman–Crippen LogP) is 3.34. The minimum atomic E-state index is -2.63. The van der Waals surface area contributed by atoms with Crippen molar-refractivity contribution >= 4 is 5.69 Å². The van der Waals surface area contributed by atoms with Gasteiger partial charge in [0.2, 0.25) is 0 Å². The second-order valence-electron chi connectivity index (χ2n) is 3.84. The third-order valence-corrected chi connectivity index (χ3v) is 2.60. The van der Waals surface area contributed by atoms with Crippen molar-refractivity contribution in [3.63, 3.8) is 0 Å². The molecule has 1 aromatic heterocycles. The molecule has 1 heterocycles. The topological polar surface area (TPSA) is 29.9 Å². The molecule has 0 spiro atoms. The quantitative estimate of drug-likeness (QED) is 0.908. The van der Waals surface area contributed by atoms with Crippen LogP contribution in [-0.2, 0) is 6.54 Å². The van der Waals surface area contributed by atoms with Gasteiger partial charge in [-0.2, -0.15) is 8.78 Å². The summed E-state index contributed by atoms with van der Waals surface area (Å²) in [5.74, 6) is -0.172. The van der Waals surface area contributed by atoms with E-state index in [1.165, 1.54) is 24.5 Å². The van der Waals surface area contributed by atoms with E-state index in [9.17, 15) is 13.2 Å². The van der Waals surface area contributed by atoms with Crippen LogP contribution in [0.4, 0.5) is 18.9 Å². The molecule has 6 heteroatoms. The van der Waals surface area contributed by atoms with E-state index < -0.39 is 6.55 Å². The third kappa shape index (κ3) is 2.64. The van der Waals surface area contributed by atoms with Crippen LogP contribution in [0, 0.1) is 12.7 Å². The van der Waals surface area contributed by atoms with E-state index in [1.807, 2.05) is 0 Å². The summed E-state index contributed by atoms with van der Waals surface area (Å²) in [4.78, 5) is 3.83. The number of aryl methyl sites for hydroxylation is 1. The number of benzene rings is 1. The van der Waals surface area contributed by atoms with Crippen LogP contribution in [0.5, 0.6) is 0 Å². The number of halogens is 3. The fourth-order valence-electron chi connectivity index (χ4n) is 1.62. The Morgan fingerprint density at radius 3 is 2.89 bits per heavy atom. The van der Waals surface area contributed by atoms with E-state index in [4.69, 9.17) is 0 Å². The van der Waals surface area contributed by atoms with Gasteiger partial charge in [0.15, 0.2) is 0 Å². The molecule has 0 atom stereocenters. The van der Waals surface area contributed by atoms with E-state index in [0.717, 1.165) is 10.1 Å². The zero-order chi connectivity index (χ0) is 13.1. The van der Waals surface area contributed by atoms with E-state index in [0.29, 0.717) is 5.69 Å². The molecule has 1 N–H and O–H groups in total. The van der Waals surface area contributed by atoms with E-state index in [2.05, 4.69) is 10.3 Å². The van der Waals surface area contributed by atoms with Crippen LogP contribution in [-0.4, -0.2) is 9.55 Å². The molecule has 0 unspecified atom stereocenters. The van der Waals surface area contributed by atoms with Gasteiger partial charge in [-0.05, 0) is 24.6 Å². The summed E-state index contributed by atoms with van der Waals surface area (Å²) in [6, 6.07) is 4.29. The highest BCUT2D eigenvalue weighted by molar-refractivity contribution is 5.50. The number of rotatable bonds is 4. The van der Waals surface area contributed by atoms with Gasteiger partial charge in [-0.25, -0.2) is 9.37 Å². The average molecular weight is 255 g/mol. The number of imidazole rings is 1. The SMILES string of the molecule is Cc1ccc(F)cc1NCc1nccn1C(F)F. The number of nitrogens with one attached hydrogen (secondary N) is 1. The Hall–Kier alpha value is -1.98. The van der Waals surface area contributed by atoms with Crippen molar-refractivity contribution in [1.82, 2.24) is 9.55 Å². The first kappa shape index (κ1) is 12.5. The molecule has 0 radical (unpaired) electrons. The molecular formula is C12H12F3N3. The van der Waals surface area contributed by atoms with Crippen molar-refractivity contribution in [2.45, 2.75) is 20.0 Å². The summed E-state index contributed by atoms with van der Waals surface area (Å²) in [5.41, 5.74) is 1.41. The lowest BCUT2D eigenvalue weighted by Crippen LogP contribution is -2.09. The largest absolute Gasteiger partial charge is 0.378 e. The Morgan fingerprint density at radius 2 is 2.17 bits per heavy atom. The van der Waals surface area contributed by atoms with E-state index in [-0.39, 0.29) is 18.2 Å². The van der Waals surface area contributed by atoms with Crippen LogP contribution in [0.2, 0.25) is 0 Å². The van der Waals surface area contributed by atoms with Gasteiger partial charge < -0.3 is 5.32 Å². The number of aromatic nitrogens is 2. The molecule has 0 bridgehead atoms. The predicted molar refractivity (Wildman–Crippen MR) is 61.9 cm³/mol. The summed E-state index contributed by atoms with van der Waals surface area (Å²) >= 11 is 0. The Morgan fingerprint density at radius 1 is 1.39 bits per heavy atom. The lowest BCUT2D eigenvalue weighted by molar-refractivity contribution is 0.0673. The fraction of sp³-hybridized carbons (Fsp3) is 0.250. The third-order valence-electron chi connectivity index (χ3n) is 2.60. The van der Waals surface area contributed by atoms with Crippen LogP contribution in [0.1, 0.15) is 17.9 Å². The average Bonchev–Trinajstić information content (AvgIpc) is 2.79. The van der Waals surface area contributed by atoms with Gasteiger partial charge in [-0.3, -0.25) is 4.57 Å². The standard InChI is InChI=1S/C12H12F3N3/c1-8-2-3-9(13)6-10(8)17-7-11-16-4-5-18(11)12(14)15/h2-6,12,17H,7H2,1H3. The summed E-state index contributed by atoms with van der Waals surface area (Å²) in [7, 11) is 0. The minimum Gasteiger partial charge on any atom is -0.378 e. The maximum absolute atomic E-state index is 13.0. The first-order valence-electron chi connectivity index (χ1n) is 5.38. The van der Waals surface area contributed by atoms with Crippen molar-refractivity contribution in [2.75, 3.05) is 5.32 Å². The molecule has 0 amide bonds. The highest BCUT2D eigenvalue weighted by Crippen LogP contribution is 2.18. The molecule has 0 saturated carbocycles. The molecule has 18 heavy (non-hydrogen) atoms. The zero-order valence-corrected chi connectivity index (χ0v) is 9.70. The van der Waals surface area contributed by atoms with Crippen LogP contribution in [0.3, 0.4) is 0 Å². The van der Waals surface area contributed by atoms with Crippen LogP contribution >= 0.6 is 0 Å². The van der Waals surface area contributed by atoms with Crippen molar-refractivity contribution < 1.29 is 13.2 Å². The molecule has 3 nitrogen and oxygen atoms in total. The second kappa shape index (κ2) is 5.12. The first-order chi connectivity index (χ1) is 8.58. The molecule has 2 aromatic rings. The summed E-state index contributed by atoms with van der Waals surface area (Å²) in [5, 5.41) is 2.89. The molecule has 2 rings (SSSR count). The smallest absolute Gasteiger partial charge is 0.319 e. The molecule has 0 saturated heterocycles. The van der Waals surface area contributed by atoms with Crippen LogP contribution in [0.25, 0.3) is 0 Å². The number of alkyl halides is 2. The van der Waals surface area contributed by atoms with Crippen molar-refractivity contribution in [3.8, 4) is 0 Å². The number of anilines is 1. The van der Waals surface area contributed by atoms with Gasteiger partial charge in [0.25, 0.3) is 0 Å². The molecule has 0 aliphatic heterocycles. The van der Waals surface area contributed by atoms with Crippen molar-refractivity contribution in [2.24, 2.45) is 0 Å². The van der Waals surface area contributed by atoms with Crippen LogP contribution < -0.4 is 5.32 Å². The monoisotopic (exact) mass is 255 g/mol. The summed E-state index contributed by atoms with van der Waals surface area (Å²) in [6.45, 7) is -0.707. The zero-order valence-electron chi connectivity index (χ0n) is 9.70. The Labute approximate surface area is 102 Å². The van der Waals surface area contributed by atoms with E-state index >= 15 is 0 Å². The Kier molecular flexibility index (Phi) is 3.55. The van der Waals surface area contributed by atoms with Gasteiger partial charge in [0, 0.05) is 18.1 Å². The first-order valence-corrected chi connectivity index (χ1v) is 5.38. The maximum atomic E-state index is 13.0. The highest BCUT2D eigenvalue weighted by Gasteiger charge is 2.11. The molecule has 1 aromatic carbocycles. The lowest BCUT2D eigenvalue weighted by atomic mass is 10.2. The van der Waals surface area contributed by atoms with Gasteiger partial charge in [-0.1, -0.05) is 6.07 Å². The molecule has 0 aliphatic rings. The Bertz CT molecular complexity index is 537. The van der Waals surface area contributed by atoms with Crippen molar-refractivity contribution in [3.05, 3.63) is 47.8 Å².